The van der Waals surface area contributed by atoms with Gasteiger partial charge < -0.3 is 5.11 Å². The molecule has 0 aromatic heterocycles. The molecule has 0 aliphatic carbocycles. The molecule has 20 heavy (non-hydrogen) atoms. The van der Waals surface area contributed by atoms with E-state index in [1.54, 1.807) is 13.0 Å². The van der Waals surface area contributed by atoms with Gasteiger partial charge >= 0.3 is 6.18 Å². The molecule has 0 fully saturated rings. The topological polar surface area (TPSA) is 37.3 Å². The molecule has 104 valence electrons. The van der Waals surface area contributed by atoms with Crippen molar-refractivity contribution in [3.63, 3.8) is 0 Å². The summed E-state index contributed by atoms with van der Waals surface area (Å²) in [6, 6.07) is 8.75. The molecule has 0 heterocycles. The van der Waals surface area contributed by atoms with Gasteiger partial charge in [0.2, 0.25) is 0 Å². The summed E-state index contributed by atoms with van der Waals surface area (Å²) in [4.78, 5) is 12.2. The molecule has 0 aliphatic heterocycles. The Kier molecular flexibility index (Phi) is 3.53. The zero-order valence-electron chi connectivity index (χ0n) is 10.5. The van der Waals surface area contributed by atoms with Gasteiger partial charge in [-0.25, -0.2) is 0 Å². The van der Waals surface area contributed by atoms with Crippen LogP contribution in [0.3, 0.4) is 0 Å². The number of rotatable bonds is 2. The third kappa shape index (κ3) is 2.66. The van der Waals surface area contributed by atoms with Gasteiger partial charge in [-0.05, 0) is 25.1 Å². The van der Waals surface area contributed by atoms with Gasteiger partial charge in [-0.1, -0.05) is 29.8 Å². The van der Waals surface area contributed by atoms with Crippen LogP contribution in [0.5, 0.6) is 5.75 Å². The van der Waals surface area contributed by atoms with Crippen LogP contribution in [0, 0.1) is 6.92 Å². The average molecular weight is 280 g/mol. The molecule has 0 aliphatic rings. The Labute approximate surface area is 113 Å². The van der Waals surface area contributed by atoms with Gasteiger partial charge in [0.05, 0.1) is 11.1 Å². The van der Waals surface area contributed by atoms with E-state index in [-0.39, 0.29) is 11.3 Å². The van der Waals surface area contributed by atoms with Crippen LogP contribution >= 0.6 is 0 Å². The highest BCUT2D eigenvalue weighted by molar-refractivity contribution is 6.11. The van der Waals surface area contributed by atoms with Gasteiger partial charge in [0, 0.05) is 5.56 Å². The molecule has 5 heteroatoms. The van der Waals surface area contributed by atoms with E-state index < -0.39 is 23.1 Å². The molecule has 2 rings (SSSR count). The number of halogens is 3. The van der Waals surface area contributed by atoms with E-state index in [0.29, 0.717) is 5.56 Å². The second kappa shape index (κ2) is 5.00. The van der Waals surface area contributed by atoms with E-state index in [1.165, 1.54) is 24.3 Å². The first kappa shape index (κ1) is 14.1. The number of alkyl halides is 3. The molecule has 0 atom stereocenters. The number of phenolic OH excluding ortho intramolecular Hbond substituents is 1. The predicted molar refractivity (Wildman–Crippen MR) is 67.7 cm³/mol. The lowest BCUT2D eigenvalue weighted by Gasteiger charge is -2.12. The molecule has 0 saturated heterocycles. The zero-order valence-corrected chi connectivity index (χ0v) is 10.5. The third-order valence-electron chi connectivity index (χ3n) is 2.87. The second-order valence-corrected chi connectivity index (χ2v) is 4.39. The number of carbonyl (C=O) groups is 1. The molecular weight excluding hydrogens is 269 g/mol. The van der Waals surface area contributed by atoms with Crippen molar-refractivity contribution < 1.29 is 23.1 Å². The normalized spacial score (nSPS) is 11.4. The van der Waals surface area contributed by atoms with Crippen molar-refractivity contribution >= 4 is 5.78 Å². The lowest BCUT2D eigenvalue weighted by Crippen LogP contribution is -2.13. The number of ketones is 1. The van der Waals surface area contributed by atoms with Gasteiger partial charge in [-0.2, -0.15) is 13.2 Å². The summed E-state index contributed by atoms with van der Waals surface area (Å²) in [5.41, 5.74) is -0.941. The minimum absolute atomic E-state index is 0.137. The maximum atomic E-state index is 12.9. The van der Waals surface area contributed by atoms with Crippen molar-refractivity contribution in [1.82, 2.24) is 0 Å². The molecule has 0 radical (unpaired) electrons. The van der Waals surface area contributed by atoms with Crippen LogP contribution in [0.2, 0.25) is 0 Å². The Morgan fingerprint density at radius 3 is 2.35 bits per heavy atom. The van der Waals surface area contributed by atoms with Crippen LogP contribution in [0.1, 0.15) is 27.0 Å². The van der Waals surface area contributed by atoms with Crippen molar-refractivity contribution in [3.05, 3.63) is 64.7 Å². The highest BCUT2D eigenvalue weighted by atomic mass is 19.4. The fourth-order valence-electron chi connectivity index (χ4n) is 1.91. The summed E-state index contributed by atoms with van der Waals surface area (Å²) in [5, 5.41) is 9.66. The minimum Gasteiger partial charge on any atom is -0.507 e. The molecule has 0 amide bonds. The number of hydrogen-bond acceptors (Lipinski definition) is 2. The largest absolute Gasteiger partial charge is 0.507 e. The fourth-order valence-corrected chi connectivity index (χ4v) is 1.91. The maximum Gasteiger partial charge on any atom is 0.417 e. The second-order valence-electron chi connectivity index (χ2n) is 4.39. The van der Waals surface area contributed by atoms with Crippen molar-refractivity contribution in [2.24, 2.45) is 0 Å². The van der Waals surface area contributed by atoms with E-state index in [2.05, 4.69) is 0 Å². The first-order valence-electron chi connectivity index (χ1n) is 5.81. The summed E-state index contributed by atoms with van der Waals surface area (Å²) >= 11 is 0. The van der Waals surface area contributed by atoms with E-state index in [4.69, 9.17) is 0 Å². The number of hydrogen-bond donors (Lipinski definition) is 1. The number of benzene rings is 2. The smallest absolute Gasteiger partial charge is 0.417 e. The Morgan fingerprint density at radius 1 is 1.05 bits per heavy atom. The lowest BCUT2D eigenvalue weighted by atomic mass is 9.96. The van der Waals surface area contributed by atoms with Crippen molar-refractivity contribution in [1.29, 1.82) is 0 Å². The van der Waals surface area contributed by atoms with Gasteiger partial charge in [-0.3, -0.25) is 4.79 Å². The SMILES string of the molecule is Cc1ccc(O)c(C(=O)c2ccccc2C(F)(F)F)c1. The molecule has 2 aromatic carbocycles. The molecule has 1 N–H and O–H groups in total. The molecule has 0 saturated carbocycles. The van der Waals surface area contributed by atoms with E-state index in [9.17, 15) is 23.1 Å². The van der Waals surface area contributed by atoms with Crippen LogP contribution < -0.4 is 0 Å². The lowest BCUT2D eigenvalue weighted by molar-refractivity contribution is -0.137. The van der Waals surface area contributed by atoms with Gasteiger partial charge in [0.15, 0.2) is 5.78 Å². The first-order valence-corrected chi connectivity index (χ1v) is 5.81. The van der Waals surface area contributed by atoms with Crippen molar-refractivity contribution in [3.8, 4) is 5.75 Å². The molecule has 2 aromatic rings. The van der Waals surface area contributed by atoms with Crippen LogP contribution in [-0.2, 0) is 6.18 Å². The van der Waals surface area contributed by atoms with Gasteiger partial charge in [0.25, 0.3) is 0 Å². The number of aryl methyl sites for hydroxylation is 1. The summed E-state index contributed by atoms with van der Waals surface area (Å²) in [6.07, 6.45) is -4.62. The first-order chi connectivity index (χ1) is 9.30. The molecule has 0 unspecified atom stereocenters. The van der Waals surface area contributed by atoms with Crippen LogP contribution in [0.25, 0.3) is 0 Å². The molecule has 0 spiro atoms. The predicted octanol–water partition coefficient (Wildman–Crippen LogP) is 3.95. The van der Waals surface area contributed by atoms with Crippen LogP contribution in [0.15, 0.2) is 42.5 Å². The monoisotopic (exact) mass is 280 g/mol. The number of phenols is 1. The summed E-state index contributed by atoms with van der Waals surface area (Å²) in [6.45, 7) is 1.69. The zero-order chi connectivity index (χ0) is 14.9. The fraction of sp³-hybridized carbons (Fsp3) is 0.133. The Bertz CT molecular complexity index is 660. The van der Waals surface area contributed by atoms with E-state index in [1.807, 2.05) is 0 Å². The summed E-state index contributed by atoms with van der Waals surface area (Å²) in [7, 11) is 0. The standard InChI is InChI=1S/C15H11F3O2/c1-9-6-7-13(19)11(8-9)14(20)10-4-2-3-5-12(10)15(16,17)18/h2-8,19H,1H3. The minimum atomic E-state index is -4.62. The number of carbonyl (C=O) groups excluding carboxylic acids is 1. The van der Waals surface area contributed by atoms with Crippen LogP contribution in [-0.4, -0.2) is 10.9 Å². The number of aromatic hydroxyl groups is 1. The van der Waals surface area contributed by atoms with E-state index >= 15 is 0 Å². The molecule has 0 bridgehead atoms. The average Bonchev–Trinajstić information content (AvgIpc) is 2.40. The summed E-state index contributed by atoms with van der Waals surface area (Å²) in [5.74, 6) is -1.18. The van der Waals surface area contributed by atoms with Gasteiger partial charge in [-0.15, -0.1) is 0 Å². The van der Waals surface area contributed by atoms with Crippen molar-refractivity contribution in [2.45, 2.75) is 13.1 Å². The third-order valence-corrected chi connectivity index (χ3v) is 2.87. The van der Waals surface area contributed by atoms with Gasteiger partial charge in [0.1, 0.15) is 5.75 Å². The quantitative estimate of drug-likeness (QED) is 0.846. The van der Waals surface area contributed by atoms with Crippen LogP contribution in [0.4, 0.5) is 13.2 Å². The molecule has 2 nitrogen and oxygen atoms in total. The Hall–Kier alpha value is -2.30. The summed E-state index contributed by atoms with van der Waals surface area (Å²) < 4.78 is 38.7. The Balaban J connectivity index is 2.57. The maximum absolute atomic E-state index is 12.9. The Morgan fingerprint density at radius 2 is 1.70 bits per heavy atom. The molecular formula is C15H11F3O2. The van der Waals surface area contributed by atoms with Crippen molar-refractivity contribution in [2.75, 3.05) is 0 Å². The van der Waals surface area contributed by atoms with E-state index in [0.717, 1.165) is 12.1 Å². The highest BCUT2D eigenvalue weighted by Crippen LogP contribution is 2.33. The highest BCUT2D eigenvalue weighted by Gasteiger charge is 2.35.